The highest BCUT2D eigenvalue weighted by Crippen LogP contribution is 2.16. The van der Waals surface area contributed by atoms with Gasteiger partial charge in [-0.15, -0.1) is 0 Å². The molecule has 0 fully saturated rings. The molecular formula is C11H12BrFN2O2. The van der Waals surface area contributed by atoms with Gasteiger partial charge in [0, 0.05) is 12.1 Å². The number of nitrogens with one attached hydrogen (secondary N) is 2. The molecule has 0 atom stereocenters. The molecule has 17 heavy (non-hydrogen) atoms. The fourth-order valence-electron chi connectivity index (χ4n) is 1.16. The second-order valence-electron chi connectivity index (χ2n) is 3.27. The van der Waals surface area contributed by atoms with Gasteiger partial charge in [0.2, 0.25) is 5.91 Å². The Morgan fingerprint density at radius 1 is 1.35 bits per heavy atom. The highest BCUT2D eigenvalue weighted by molar-refractivity contribution is 9.10. The van der Waals surface area contributed by atoms with Gasteiger partial charge < -0.3 is 10.6 Å². The van der Waals surface area contributed by atoms with Gasteiger partial charge in [0.1, 0.15) is 5.82 Å². The summed E-state index contributed by atoms with van der Waals surface area (Å²) in [6.07, 6.45) is 0. The molecule has 0 unspecified atom stereocenters. The molecule has 0 spiro atoms. The Balaban J connectivity index is 2.58. The van der Waals surface area contributed by atoms with Crippen molar-refractivity contribution in [3.05, 3.63) is 34.1 Å². The highest BCUT2D eigenvalue weighted by Gasteiger charge is 2.09. The maximum Gasteiger partial charge on any atom is 0.251 e. The van der Waals surface area contributed by atoms with Crippen LogP contribution in [0.3, 0.4) is 0 Å². The van der Waals surface area contributed by atoms with Gasteiger partial charge in [-0.25, -0.2) is 4.39 Å². The summed E-state index contributed by atoms with van der Waals surface area (Å²) in [6, 6.07) is 4.02. The lowest BCUT2D eigenvalue weighted by atomic mass is 10.2. The summed E-state index contributed by atoms with van der Waals surface area (Å²) in [7, 11) is 0. The van der Waals surface area contributed by atoms with Crippen LogP contribution in [0.1, 0.15) is 17.3 Å². The first kappa shape index (κ1) is 13.6. The lowest BCUT2D eigenvalue weighted by Crippen LogP contribution is -2.36. The molecule has 0 aliphatic rings. The highest BCUT2D eigenvalue weighted by atomic mass is 79.9. The first-order valence-corrected chi connectivity index (χ1v) is 5.84. The lowest BCUT2D eigenvalue weighted by molar-refractivity contribution is -0.120. The van der Waals surface area contributed by atoms with Crippen LogP contribution in [0.25, 0.3) is 0 Å². The standard InChI is InChI=1S/C11H12BrFN2O2/c1-2-14-10(16)6-15-11(17)7-3-4-8(12)9(13)5-7/h3-5H,2,6H2,1H3,(H,14,16)(H,15,17). The van der Waals surface area contributed by atoms with Crippen molar-refractivity contribution in [1.29, 1.82) is 0 Å². The van der Waals surface area contributed by atoms with Gasteiger partial charge in [0.05, 0.1) is 11.0 Å². The van der Waals surface area contributed by atoms with E-state index >= 15 is 0 Å². The molecule has 2 N–H and O–H groups in total. The predicted molar refractivity (Wildman–Crippen MR) is 65.1 cm³/mol. The zero-order valence-corrected chi connectivity index (χ0v) is 10.8. The lowest BCUT2D eigenvalue weighted by Gasteiger charge is -2.05. The molecule has 4 nitrogen and oxygen atoms in total. The smallest absolute Gasteiger partial charge is 0.251 e. The van der Waals surface area contributed by atoms with Gasteiger partial charge in [0.15, 0.2) is 0 Å². The summed E-state index contributed by atoms with van der Waals surface area (Å²) in [6.45, 7) is 2.16. The number of amides is 2. The van der Waals surface area contributed by atoms with Crippen molar-refractivity contribution in [2.24, 2.45) is 0 Å². The molecule has 0 saturated carbocycles. The van der Waals surface area contributed by atoms with Crippen LogP contribution in [0.15, 0.2) is 22.7 Å². The van der Waals surface area contributed by atoms with E-state index < -0.39 is 11.7 Å². The number of carbonyl (C=O) groups is 2. The summed E-state index contributed by atoms with van der Waals surface area (Å²) >= 11 is 2.99. The number of hydrogen-bond acceptors (Lipinski definition) is 2. The molecule has 0 heterocycles. The van der Waals surface area contributed by atoms with Crippen LogP contribution in [0.2, 0.25) is 0 Å². The molecule has 0 radical (unpaired) electrons. The van der Waals surface area contributed by atoms with E-state index in [2.05, 4.69) is 26.6 Å². The Hall–Kier alpha value is -1.43. The predicted octanol–water partition coefficient (Wildman–Crippen LogP) is 1.45. The first-order chi connectivity index (χ1) is 8.04. The Morgan fingerprint density at radius 3 is 2.65 bits per heavy atom. The molecule has 6 heteroatoms. The van der Waals surface area contributed by atoms with Crippen LogP contribution < -0.4 is 10.6 Å². The zero-order valence-electron chi connectivity index (χ0n) is 9.22. The summed E-state index contributed by atoms with van der Waals surface area (Å²) < 4.78 is 13.4. The van der Waals surface area contributed by atoms with Gasteiger partial charge in [-0.05, 0) is 41.1 Å². The second kappa shape index (κ2) is 6.34. The summed E-state index contributed by atoms with van der Waals surface area (Å²) in [5.74, 6) is -1.28. The largest absolute Gasteiger partial charge is 0.355 e. The van der Waals surface area contributed by atoms with Gasteiger partial charge in [-0.2, -0.15) is 0 Å². The van der Waals surface area contributed by atoms with Crippen molar-refractivity contribution >= 4 is 27.7 Å². The van der Waals surface area contributed by atoms with E-state index in [1.54, 1.807) is 6.92 Å². The van der Waals surface area contributed by atoms with E-state index in [1.165, 1.54) is 12.1 Å². The Bertz CT molecular complexity index is 437. The van der Waals surface area contributed by atoms with E-state index in [9.17, 15) is 14.0 Å². The second-order valence-corrected chi connectivity index (χ2v) is 4.12. The van der Waals surface area contributed by atoms with E-state index in [4.69, 9.17) is 0 Å². The number of carbonyl (C=O) groups excluding carboxylic acids is 2. The van der Waals surface area contributed by atoms with Gasteiger partial charge in [0.25, 0.3) is 5.91 Å². The van der Waals surface area contributed by atoms with E-state index in [0.29, 0.717) is 6.54 Å². The van der Waals surface area contributed by atoms with Crippen molar-refractivity contribution in [1.82, 2.24) is 10.6 Å². The first-order valence-electron chi connectivity index (χ1n) is 5.04. The molecule has 0 aromatic heterocycles. The molecule has 1 aromatic carbocycles. The monoisotopic (exact) mass is 302 g/mol. The van der Waals surface area contributed by atoms with Crippen molar-refractivity contribution < 1.29 is 14.0 Å². The van der Waals surface area contributed by atoms with E-state index in [-0.39, 0.29) is 22.5 Å². The Kier molecular flexibility index (Phi) is 5.09. The zero-order chi connectivity index (χ0) is 12.8. The fraction of sp³-hybridized carbons (Fsp3) is 0.273. The quantitative estimate of drug-likeness (QED) is 0.884. The molecule has 0 saturated heterocycles. The van der Waals surface area contributed by atoms with Crippen LogP contribution in [-0.4, -0.2) is 24.9 Å². The molecule has 2 amide bonds. The maximum absolute atomic E-state index is 13.2. The van der Waals surface area contributed by atoms with Crippen LogP contribution in [0, 0.1) is 5.82 Å². The van der Waals surface area contributed by atoms with Crippen molar-refractivity contribution in [3.63, 3.8) is 0 Å². The average molecular weight is 303 g/mol. The minimum absolute atomic E-state index is 0.121. The van der Waals surface area contributed by atoms with E-state index in [1.807, 2.05) is 0 Å². The molecule has 1 rings (SSSR count). The molecule has 0 aliphatic heterocycles. The van der Waals surface area contributed by atoms with Gasteiger partial charge in [-0.3, -0.25) is 9.59 Å². The third-order valence-electron chi connectivity index (χ3n) is 1.97. The number of halogens is 2. The Labute approximate surface area is 107 Å². The normalized spacial score (nSPS) is 9.82. The van der Waals surface area contributed by atoms with Crippen LogP contribution in [0.5, 0.6) is 0 Å². The summed E-state index contributed by atoms with van der Waals surface area (Å²) in [4.78, 5) is 22.6. The third kappa shape index (κ3) is 4.14. The van der Waals surface area contributed by atoms with Crippen molar-refractivity contribution in [2.75, 3.05) is 13.1 Å². The van der Waals surface area contributed by atoms with Gasteiger partial charge >= 0.3 is 0 Å². The number of rotatable bonds is 4. The Morgan fingerprint density at radius 2 is 2.06 bits per heavy atom. The summed E-state index contributed by atoms with van der Waals surface area (Å²) in [5, 5.41) is 4.93. The van der Waals surface area contributed by atoms with Gasteiger partial charge in [-0.1, -0.05) is 0 Å². The average Bonchev–Trinajstić information content (AvgIpc) is 2.30. The minimum Gasteiger partial charge on any atom is -0.355 e. The summed E-state index contributed by atoms with van der Waals surface area (Å²) in [5.41, 5.74) is 0.176. The number of hydrogen-bond donors (Lipinski definition) is 2. The molecule has 92 valence electrons. The van der Waals surface area contributed by atoms with Crippen molar-refractivity contribution in [3.8, 4) is 0 Å². The van der Waals surface area contributed by atoms with Crippen LogP contribution in [0.4, 0.5) is 4.39 Å². The SMILES string of the molecule is CCNC(=O)CNC(=O)c1ccc(Br)c(F)c1. The molecule has 0 aliphatic carbocycles. The third-order valence-corrected chi connectivity index (χ3v) is 2.61. The molecular weight excluding hydrogens is 291 g/mol. The van der Waals surface area contributed by atoms with Crippen LogP contribution >= 0.6 is 15.9 Å². The van der Waals surface area contributed by atoms with Crippen LogP contribution in [-0.2, 0) is 4.79 Å². The maximum atomic E-state index is 13.2. The molecule has 0 bridgehead atoms. The van der Waals surface area contributed by atoms with E-state index in [0.717, 1.165) is 6.07 Å². The number of likely N-dealkylation sites (N-methyl/N-ethyl adjacent to an activating group) is 1. The topological polar surface area (TPSA) is 58.2 Å². The van der Waals surface area contributed by atoms with Crippen molar-refractivity contribution in [2.45, 2.75) is 6.92 Å². The fourth-order valence-corrected chi connectivity index (χ4v) is 1.41. The minimum atomic E-state index is -0.518. The number of benzene rings is 1. The molecule has 1 aromatic rings.